The van der Waals surface area contributed by atoms with Crippen LogP contribution in [0.4, 0.5) is 5.82 Å². The molecule has 0 amide bonds. The monoisotopic (exact) mass is 349 g/mol. The summed E-state index contributed by atoms with van der Waals surface area (Å²) in [7, 11) is 1.85. The number of benzene rings is 1. The number of aromatic nitrogens is 2. The fraction of sp³-hybridized carbons (Fsp3) is 0.333. The zero-order chi connectivity index (χ0) is 14.8. The minimum Gasteiger partial charge on any atom is -0.486 e. The van der Waals surface area contributed by atoms with Crippen molar-refractivity contribution < 1.29 is 9.47 Å². The van der Waals surface area contributed by atoms with E-state index in [0.29, 0.717) is 19.0 Å². The Morgan fingerprint density at radius 1 is 1.19 bits per heavy atom. The smallest absolute Gasteiger partial charge is 0.162 e. The first-order valence-corrected chi connectivity index (χ1v) is 7.66. The molecule has 1 aliphatic rings. The van der Waals surface area contributed by atoms with Gasteiger partial charge in [0.05, 0.1) is 10.2 Å². The van der Waals surface area contributed by atoms with Crippen molar-refractivity contribution in [3.05, 3.63) is 28.4 Å². The van der Waals surface area contributed by atoms with Crippen molar-refractivity contribution >= 4 is 21.7 Å². The highest BCUT2D eigenvalue weighted by Gasteiger charge is 2.16. The van der Waals surface area contributed by atoms with Crippen molar-refractivity contribution in [2.24, 2.45) is 0 Å². The van der Waals surface area contributed by atoms with Gasteiger partial charge in [0.25, 0.3) is 0 Å². The molecule has 2 aromatic rings. The van der Waals surface area contributed by atoms with Crippen molar-refractivity contribution in [1.82, 2.24) is 9.97 Å². The molecule has 110 valence electrons. The Kier molecular flexibility index (Phi) is 3.96. The first-order valence-electron chi connectivity index (χ1n) is 6.87. The molecule has 21 heavy (non-hydrogen) atoms. The lowest BCUT2D eigenvalue weighted by atomic mass is 10.1. The number of anilines is 1. The van der Waals surface area contributed by atoms with E-state index < -0.39 is 0 Å². The molecule has 1 aromatic heterocycles. The van der Waals surface area contributed by atoms with Gasteiger partial charge in [0, 0.05) is 12.6 Å². The summed E-state index contributed by atoms with van der Waals surface area (Å²) in [6.45, 7) is 3.23. The predicted molar refractivity (Wildman–Crippen MR) is 85.1 cm³/mol. The average Bonchev–Trinajstić information content (AvgIpc) is 2.54. The molecule has 0 spiro atoms. The third-order valence-electron chi connectivity index (χ3n) is 3.29. The van der Waals surface area contributed by atoms with E-state index in [1.165, 1.54) is 0 Å². The lowest BCUT2D eigenvalue weighted by Gasteiger charge is -2.19. The zero-order valence-corrected chi connectivity index (χ0v) is 13.5. The summed E-state index contributed by atoms with van der Waals surface area (Å²) >= 11 is 3.54. The molecule has 0 saturated carbocycles. The van der Waals surface area contributed by atoms with E-state index in [0.717, 1.165) is 39.5 Å². The third kappa shape index (κ3) is 2.68. The number of nitrogens with one attached hydrogen (secondary N) is 1. The normalized spacial score (nSPS) is 13.1. The zero-order valence-electron chi connectivity index (χ0n) is 11.9. The van der Waals surface area contributed by atoms with Crippen LogP contribution in [-0.4, -0.2) is 30.2 Å². The number of ether oxygens (including phenoxy) is 2. The minimum absolute atomic E-state index is 0.569. The molecule has 5 nitrogen and oxygen atoms in total. The van der Waals surface area contributed by atoms with Crippen LogP contribution in [0.2, 0.25) is 0 Å². The quantitative estimate of drug-likeness (QED) is 0.921. The lowest BCUT2D eigenvalue weighted by molar-refractivity contribution is 0.171. The Hall–Kier alpha value is -1.82. The maximum Gasteiger partial charge on any atom is 0.162 e. The molecule has 1 aliphatic heterocycles. The second-order valence-electron chi connectivity index (χ2n) is 4.62. The Bertz CT molecular complexity index is 651. The Morgan fingerprint density at radius 3 is 2.67 bits per heavy atom. The van der Waals surface area contributed by atoms with Crippen molar-refractivity contribution in [3.63, 3.8) is 0 Å². The van der Waals surface area contributed by atoms with Gasteiger partial charge >= 0.3 is 0 Å². The number of halogens is 1. The summed E-state index contributed by atoms with van der Waals surface area (Å²) in [6.07, 6.45) is 0.829. The van der Waals surface area contributed by atoms with Crippen LogP contribution in [0, 0.1) is 0 Å². The summed E-state index contributed by atoms with van der Waals surface area (Å²) in [6, 6.07) is 5.78. The first kappa shape index (κ1) is 14.1. The van der Waals surface area contributed by atoms with E-state index in [1.54, 1.807) is 0 Å². The minimum atomic E-state index is 0.569. The van der Waals surface area contributed by atoms with Crippen LogP contribution in [0.5, 0.6) is 11.5 Å². The summed E-state index contributed by atoms with van der Waals surface area (Å²) in [5.41, 5.74) is 1.89. The summed E-state index contributed by atoms with van der Waals surface area (Å²) < 4.78 is 12.1. The molecule has 3 rings (SSSR count). The number of hydrogen-bond acceptors (Lipinski definition) is 5. The molecular formula is C15H16BrN3O2. The molecule has 0 unspecified atom stereocenters. The highest BCUT2D eigenvalue weighted by Crippen LogP contribution is 2.35. The van der Waals surface area contributed by atoms with Crippen LogP contribution in [0.3, 0.4) is 0 Å². The number of rotatable bonds is 3. The number of fused-ring (bicyclic) bond motifs is 1. The SMILES string of the molecule is CCc1nc(-c2ccc3c(c2)OCCO3)nc(NC)c1Br. The molecule has 0 bridgehead atoms. The lowest BCUT2D eigenvalue weighted by Crippen LogP contribution is -2.15. The van der Waals surface area contributed by atoms with Crippen molar-refractivity contribution in [3.8, 4) is 22.9 Å². The van der Waals surface area contributed by atoms with Gasteiger partial charge in [0.15, 0.2) is 17.3 Å². The van der Waals surface area contributed by atoms with Crippen LogP contribution < -0.4 is 14.8 Å². The molecule has 1 aromatic carbocycles. The predicted octanol–water partition coefficient (Wildman–Crippen LogP) is 3.28. The molecular weight excluding hydrogens is 334 g/mol. The second kappa shape index (κ2) is 5.89. The van der Waals surface area contributed by atoms with E-state index in [4.69, 9.17) is 9.47 Å². The number of aryl methyl sites for hydroxylation is 1. The fourth-order valence-electron chi connectivity index (χ4n) is 2.21. The van der Waals surface area contributed by atoms with Gasteiger partial charge in [0.1, 0.15) is 19.0 Å². The van der Waals surface area contributed by atoms with E-state index in [2.05, 4.69) is 38.1 Å². The van der Waals surface area contributed by atoms with E-state index in [9.17, 15) is 0 Å². The Balaban J connectivity index is 2.07. The molecule has 1 N–H and O–H groups in total. The van der Waals surface area contributed by atoms with Gasteiger partial charge in [-0.15, -0.1) is 0 Å². The highest BCUT2D eigenvalue weighted by atomic mass is 79.9. The molecule has 0 aliphatic carbocycles. The van der Waals surface area contributed by atoms with Crippen molar-refractivity contribution in [2.75, 3.05) is 25.6 Å². The molecule has 6 heteroatoms. The largest absolute Gasteiger partial charge is 0.486 e. The number of nitrogens with zero attached hydrogens (tertiary/aromatic N) is 2. The van der Waals surface area contributed by atoms with Gasteiger partial charge in [-0.1, -0.05) is 6.92 Å². The van der Waals surface area contributed by atoms with Gasteiger partial charge in [-0.3, -0.25) is 0 Å². The maximum atomic E-state index is 5.62. The molecule has 0 atom stereocenters. The fourth-order valence-corrected chi connectivity index (χ4v) is 2.86. The van der Waals surface area contributed by atoms with Gasteiger partial charge in [0.2, 0.25) is 0 Å². The van der Waals surface area contributed by atoms with Crippen LogP contribution in [0.1, 0.15) is 12.6 Å². The molecule has 2 heterocycles. The van der Waals surface area contributed by atoms with Gasteiger partial charge < -0.3 is 14.8 Å². The third-order valence-corrected chi connectivity index (χ3v) is 4.13. The summed E-state index contributed by atoms with van der Waals surface area (Å²) in [5, 5.41) is 3.09. The Morgan fingerprint density at radius 2 is 1.95 bits per heavy atom. The Labute approximate surface area is 131 Å². The molecule has 0 radical (unpaired) electrons. The van der Waals surface area contributed by atoms with Gasteiger partial charge in [-0.05, 0) is 40.5 Å². The van der Waals surface area contributed by atoms with Crippen LogP contribution >= 0.6 is 15.9 Å². The number of hydrogen-bond donors (Lipinski definition) is 1. The van der Waals surface area contributed by atoms with Gasteiger partial charge in [-0.2, -0.15) is 0 Å². The topological polar surface area (TPSA) is 56.3 Å². The van der Waals surface area contributed by atoms with Crippen molar-refractivity contribution in [2.45, 2.75) is 13.3 Å². The second-order valence-corrected chi connectivity index (χ2v) is 5.41. The van der Waals surface area contributed by atoms with Gasteiger partial charge in [-0.25, -0.2) is 9.97 Å². The standard InChI is InChI=1S/C15H16BrN3O2/c1-3-10-13(16)15(17-2)19-14(18-10)9-4-5-11-12(8-9)21-7-6-20-11/h4-5,8H,3,6-7H2,1-2H3,(H,17,18,19). The van der Waals surface area contributed by atoms with E-state index >= 15 is 0 Å². The van der Waals surface area contributed by atoms with Crippen LogP contribution in [-0.2, 0) is 6.42 Å². The van der Waals surface area contributed by atoms with Crippen LogP contribution in [0.15, 0.2) is 22.7 Å². The van der Waals surface area contributed by atoms with Crippen molar-refractivity contribution in [1.29, 1.82) is 0 Å². The van der Waals surface area contributed by atoms with Crippen LogP contribution in [0.25, 0.3) is 11.4 Å². The average molecular weight is 350 g/mol. The first-order chi connectivity index (χ1) is 10.2. The van der Waals surface area contributed by atoms with E-state index in [1.807, 2.05) is 25.2 Å². The maximum absolute atomic E-state index is 5.62. The molecule has 0 saturated heterocycles. The summed E-state index contributed by atoms with van der Waals surface area (Å²) in [5.74, 6) is 2.98. The summed E-state index contributed by atoms with van der Waals surface area (Å²) in [4.78, 5) is 9.18. The molecule has 0 fully saturated rings. The highest BCUT2D eigenvalue weighted by molar-refractivity contribution is 9.10. The van der Waals surface area contributed by atoms with E-state index in [-0.39, 0.29) is 0 Å².